The lowest BCUT2D eigenvalue weighted by atomic mass is 9.72. The Kier molecular flexibility index (Phi) is 7.24. The second-order valence-electron chi connectivity index (χ2n) is 9.34. The Labute approximate surface area is 218 Å². The van der Waals surface area contributed by atoms with Crippen LogP contribution in [0, 0.1) is 17.2 Å². The predicted molar refractivity (Wildman–Crippen MR) is 141 cm³/mol. The second kappa shape index (κ2) is 10.7. The molecule has 0 saturated heterocycles. The van der Waals surface area contributed by atoms with Crippen LogP contribution in [0.4, 0.5) is 8.78 Å². The summed E-state index contributed by atoms with van der Waals surface area (Å²) in [6.07, 6.45) is 1.14. The van der Waals surface area contributed by atoms with Gasteiger partial charge in [-0.15, -0.1) is 11.8 Å². The van der Waals surface area contributed by atoms with Crippen molar-refractivity contribution in [1.29, 1.82) is 5.26 Å². The lowest BCUT2D eigenvalue weighted by Crippen LogP contribution is -2.41. The summed E-state index contributed by atoms with van der Waals surface area (Å²) in [7, 11) is 0. The maximum atomic E-state index is 14.3. The highest BCUT2D eigenvalue weighted by Gasteiger charge is 2.45. The highest BCUT2D eigenvalue weighted by molar-refractivity contribution is 7.98. The first kappa shape index (κ1) is 25.0. The number of aromatic amines is 1. The highest BCUT2D eigenvalue weighted by atomic mass is 32.2. The molecule has 188 valence electrons. The fourth-order valence-corrected chi connectivity index (χ4v) is 5.93. The van der Waals surface area contributed by atoms with Gasteiger partial charge in [-0.3, -0.25) is 4.79 Å². The molecule has 1 aliphatic rings. The van der Waals surface area contributed by atoms with Crippen LogP contribution in [0.5, 0.6) is 0 Å². The minimum atomic E-state index is -2.89. The first-order chi connectivity index (χ1) is 17.9. The van der Waals surface area contributed by atoms with Gasteiger partial charge in [-0.05, 0) is 58.9 Å². The van der Waals surface area contributed by atoms with Crippen molar-refractivity contribution in [3.63, 3.8) is 0 Å². The predicted octanol–water partition coefficient (Wildman–Crippen LogP) is 6.68. The molecule has 2 N–H and O–H groups in total. The zero-order valence-corrected chi connectivity index (χ0v) is 20.9. The average Bonchev–Trinajstić information content (AvgIpc) is 3.38. The van der Waals surface area contributed by atoms with Gasteiger partial charge in [0.25, 0.3) is 0 Å². The number of imidazole rings is 1. The molecule has 3 aromatic carbocycles. The monoisotopic (exact) mass is 516 g/mol. The number of alkyl halides is 2. The number of thioether (sulfide) groups is 1. The first-order valence-corrected chi connectivity index (χ1v) is 13.2. The molecule has 1 heterocycles. The molecular weight excluding hydrogens is 490 g/mol. The maximum absolute atomic E-state index is 14.3. The van der Waals surface area contributed by atoms with Crippen LogP contribution < -0.4 is 5.32 Å². The molecule has 0 radical (unpaired) electrons. The molecule has 5 rings (SSSR count). The lowest BCUT2D eigenvalue weighted by Gasteiger charge is -2.36. The number of carbonyl (C=O) groups excluding carboxylic acids is 1. The molecule has 1 amide bonds. The number of nitrogens with zero attached hydrogens (tertiary/aromatic N) is 2. The largest absolute Gasteiger partial charge is 0.345 e. The van der Waals surface area contributed by atoms with E-state index in [1.54, 1.807) is 18.1 Å². The topological polar surface area (TPSA) is 81.6 Å². The summed E-state index contributed by atoms with van der Waals surface area (Å²) in [6, 6.07) is 24.0. The third kappa shape index (κ3) is 5.67. The molecule has 0 bridgehead atoms. The van der Waals surface area contributed by atoms with Crippen LogP contribution in [0.15, 0.2) is 78.0 Å². The van der Waals surface area contributed by atoms with Crippen molar-refractivity contribution in [1.82, 2.24) is 15.3 Å². The molecule has 0 aliphatic heterocycles. The van der Waals surface area contributed by atoms with Crippen LogP contribution in [0.25, 0.3) is 22.2 Å². The summed E-state index contributed by atoms with van der Waals surface area (Å²) in [5.41, 5.74) is 5.98. The van der Waals surface area contributed by atoms with Crippen molar-refractivity contribution in [3.8, 4) is 17.2 Å². The molecule has 0 spiro atoms. The fraction of sp³-hybridized carbons (Fsp3) is 0.276. The van der Waals surface area contributed by atoms with Crippen LogP contribution in [0.1, 0.15) is 36.3 Å². The summed E-state index contributed by atoms with van der Waals surface area (Å²) < 4.78 is 28.6. The number of halogens is 2. The summed E-state index contributed by atoms with van der Waals surface area (Å²) in [5, 5.41) is 11.3. The Morgan fingerprint density at radius 2 is 1.97 bits per heavy atom. The number of nitrogens with one attached hydrogen (secondary N) is 2. The van der Waals surface area contributed by atoms with E-state index in [0.29, 0.717) is 0 Å². The number of fused-ring (bicyclic) bond motifs is 1. The van der Waals surface area contributed by atoms with Gasteiger partial charge in [0.15, 0.2) is 0 Å². The fourth-order valence-electron chi connectivity index (χ4n) is 5.09. The Balaban J connectivity index is 1.35. The first-order valence-electron chi connectivity index (χ1n) is 12.2. The van der Waals surface area contributed by atoms with E-state index in [9.17, 15) is 13.6 Å². The Morgan fingerprint density at radius 1 is 1.16 bits per heavy atom. The smallest absolute Gasteiger partial charge is 0.249 e. The van der Waals surface area contributed by atoms with Gasteiger partial charge in [0.2, 0.25) is 11.8 Å². The van der Waals surface area contributed by atoms with E-state index in [1.165, 1.54) is 5.56 Å². The van der Waals surface area contributed by atoms with E-state index in [-0.39, 0.29) is 25.3 Å². The molecule has 8 heteroatoms. The molecule has 2 atom stereocenters. The highest BCUT2D eigenvalue weighted by Crippen LogP contribution is 2.47. The van der Waals surface area contributed by atoms with E-state index < -0.39 is 24.2 Å². The Bertz CT molecular complexity index is 1440. The van der Waals surface area contributed by atoms with E-state index in [1.807, 2.05) is 48.5 Å². The van der Waals surface area contributed by atoms with Crippen molar-refractivity contribution in [3.05, 3.63) is 84.2 Å². The van der Waals surface area contributed by atoms with Gasteiger partial charge in [0.1, 0.15) is 6.54 Å². The quantitative estimate of drug-likeness (QED) is 0.212. The third-order valence-corrected chi connectivity index (χ3v) is 8.00. The van der Waals surface area contributed by atoms with Gasteiger partial charge in [0, 0.05) is 23.5 Å². The van der Waals surface area contributed by atoms with Crippen LogP contribution >= 0.6 is 11.8 Å². The van der Waals surface area contributed by atoms with Crippen molar-refractivity contribution in [2.75, 3.05) is 6.54 Å². The lowest BCUT2D eigenvalue weighted by molar-refractivity contribution is -0.133. The van der Waals surface area contributed by atoms with Crippen molar-refractivity contribution < 1.29 is 13.6 Å². The van der Waals surface area contributed by atoms with Crippen LogP contribution in [0.3, 0.4) is 0 Å². The molecule has 1 aromatic heterocycles. The van der Waals surface area contributed by atoms with Gasteiger partial charge in [0.05, 0.1) is 29.3 Å². The van der Waals surface area contributed by atoms with E-state index in [0.717, 1.165) is 38.4 Å². The molecule has 5 nitrogen and oxygen atoms in total. The normalized spacial score (nSPS) is 18.8. The van der Waals surface area contributed by atoms with Crippen molar-refractivity contribution in [2.45, 2.75) is 41.8 Å². The standard InChI is InChI=1S/C29H26F2N4OS/c30-29(31)12-11-24(25(16-29)28(36)33-14-13-32)23-4-2-1-3-22(23)20-6-8-21(9-7-20)37-17-19-5-10-26-27(15-19)35-18-34-26/h1-10,15,18,24-25H,11-12,14,16-17H2,(H,33,36)(H,34,35). The third-order valence-electron chi connectivity index (χ3n) is 6.92. The van der Waals surface area contributed by atoms with Crippen molar-refractivity contribution >= 4 is 28.7 Å². The van der Waals surface area contributed by atoms with Gasteiger partial charge < -0.3 is 10.3 Å². The molecule has 37 heavy (non-hydrogen) atoms. The zero-order chi connectivity index (χ0) is 25.8. The molecule has 4 aromatic rings. The number of hydrogen-bond acceptors (Lipinski definition) is 4. The number of H-pyrrole nitrogens is 1. The number of aromatic nitrogens is 2. The Hall–Kier alpha value is -3.70. The Morgan fingerprint density at radius 3 is 2.78 bits per heavy atom. The number of carbonyl (C=O) groups is 1. The van der Waals surface area contributed by atoms with Crippen LogP contribution in [-0.4, -0.2) is 28.3 Å². The number of hydrogen-bond donors (Lipinski definition) is 2. The van der Waals surface area contributed by atoms with Crippen LogP contribution in [-0.2, 0) is 10.5 Å². The van der Waals surface area contributed by atoms with Gasteiger partial charge >= 0.3 is 0 Å². The molecule has 1 fully saturated rings. The van der Waals surface area contributed by atoms with E-state index in [2.05, 4.69) is 39.6 Å². The molecule has 1 saturated carbocycles. The van der Waals surface area contributed by atoms with E-state index >= 15 is 0 Å². The summed E-state index contributed by atoms with van der Waals surface area (Å²) >= 11 is 1.74. The van der Waals surface area contributed by atoms with Crippen LogP contribution in [0.2, 0.25) is 0 Å². The van der Waals surface area contributed by atoms with Gasteiger partial charge in [-0.25, -0.2) is 13.8 Å². The van der Waals surface area contributed by atoms with Gasteiger partial charge in [-0.2, -0.15) is 5.26 Å². The number of amides is 1. The summed E-state index contributed by atoms with van der Waals surface area (Å²) in [6.45, 7) is -0.190. The van der Waals surface area contributed by atoms with Gasteiger partial charge in [-0.1, -0.05) is 42.5 Å². The molecule has 1 aliphatic carbocycles. The maximum Gasteiger partial charge on any atom is 0.249 e. The number of benzene rings is 3. The number of rotatable bonds is 7. The second-order valence-corrected chi connectivity index (χ2v) is 10.4. The molecular formula is C29H26F2N4OS. The average molecular weight is 517 g/mol. The SMILES string of the molecule is N#CCNC(=O)C1CC(F)(F)CCC1c1ccccc1-c1ccc(SCc2ccc3nc[nH]c3c2)cc1. The van der Waals surface area contributed by atoms with E-state index in [4.69, 9.17) is 5.26 Å². The molecule has 2 unspecified atom stereocenters. The number of nitriles is 1. The summed E-state index contributed by atoms with van der Waals surface area (Å²) in [5.74, 6) is -3.79. The minimum absolute atomic E-state index is 0.190. The van der Waals surface area contributed by atoms with Crippen molar-refractivity contribution in [2.24, 2.45) is 5.92 Å². The summed E-state index contributed by atoms with van der Waals surface area (Å²) in [4.78, 5) is 21.3. The minimum Gasteiger partial charge on any atom is -0.345 e. The zero-order valence-electron chi connectivity index (χ0n) is 20.1.